The number of aryl methyl sites for hydroxylation is 2. The lowest BCUT2D eigenvalue weighted by molar-refractivity contribution is -0.154. The summed E-state index contributed by atoms with van der Waals surface area (Å²) in [4.78, 5) is 32.5. The maximum absolute atomic E-state index is 11.9. The van der Waals surface area contributed by atoms with Crippen LogP contribution in [0.4, 0.5) is 0 Å². The predicted molar refractivity (Wildman–Crippen MR) is 88.3 cm³/mol. The Kier molecular flexibility index (Phi) is 5.98. The fourth-order valence-electron chi connectivity index (χ4n) is 2.24. The lowest BCUT2D eigenvalue weighted by Gasteiger charge is -2.14. The zero-order chi connectivity index (χ0) is 17.0. The van der Waals surface area contributed by atoms with Gasteiger partial charge >= 0.3 is 5.97 Å². The molecule has 0 aliphatic heterocycles. The van der Waals surface area contributed by atoms with Crippen molar-refractivity contribution in [1.29, 1.82) is 0 Å². The summed E-state index contributed by atoms with van der Waals surface area (Å²) in [5.74, 6) is -0.600. The van der Waals surface area contributed by atoms with Crippen LogP contribution in [0.3, 0.4) is 0 Å². The summed E-state index contributed by atoms with van der Waals surface area (Å²) >= 11 is 1.49. The highest BCUT2D eigenvalue weighted by Crippen LogP contribution is 2.19. The number of thioether (sulfide) groups is 1. The molecule has 7 heteroatoms. The third-order valence-corrected chi connectivity index (χ3v) is 4.31. The number of nitrogens with zero attached hydrogens (tertiary/aromatic N) is 2. The number of nitrogens with one attached hydrogen (secondary N) is 1. The molecule has 1 aliphatic rings. The van der Waals surface area contributed by atoms with Crippen LogP contribution in [0.1, 0.15) is 43.1 Å². The Morgan fingerprint density at radius 1 is 1.30 bits per heavy atom. The molecule has 126 valence electrons. The minimum Gasteiger partial charge on any atom is -0.453 e. The zero-order valence-electron chi connectivity index (χ0n) is 14.0. The third kappa shape index (κ3) is 5.20. The Labute approximate surface area is 140 Å². The number of aromatic nitrogens is 2. The molecule has 0 unspecified atom stereocenters. The maximum Gasteiger partial charge on any atom is 0.306 e. The van der Waals surface area contributed by atoms with Crippen LogP contribution in [0.25, 0.3) is 0 Å². The largest absolute Gasteiger partial charge is 0.453 e. The molecule has 23 heavy (non-hydrogen) atoms. The highest BCUT2D eigenvalue weighted by Gasteiger charge is 2.27. The van der Waals surface area contributed by atoms with Crippen LogP contribution < -0.4 is 5.32 Å². The van der Waals surface area contributed by atoms with Gasteiger partial charge in [0.2, 0.25) is 0 Å². The van der Waals surface area contributed by atoms with Gasteiger partial charge in [-0.15, -0.1) is 0 Å². The van der Waals surface area contributed by atoms with Gasteiger partial charge in [-0.05, 0) is 51.9 Å². The molecule has 1 saturated carbocycles. The van der Waals surface area contributed by atoms with Gasteiger partial charge in [0.15, 0.2) is 11.3 Å². The molecule has 0 radical (unpaired) electrons. The first-order valence-corrected chi connectivity index (χ1v) is 9.01. The van der Waals surface area contributed by atoms with E-state index in [4.69, 9.17) is 4.74 Å². The standard InChI is InChI=1S/C16H23N3O3S/c1-9-13(10(2)18-16(17-9)23-4)7-8-14(20)22-11(3)15(21)19-12-5-6-12/h11-12H,5-8H2,1-4H3,(H,19,21)/t11-/m0/s1. The molecular weight excluding hydrogens is 314 g/mol. The Morgan fingerprint density at radius 2 is 1.91 bits per heavy atom. The molecule has 0 aromatic carbocycles. The Bertz CT molecular complexity index is 579. The van der Waals surface area contributed by atoms with Gasteiger partial charge in [-0.1, -0.05) is 11.8 Å². The van der Waals surface area contributed by atoms with Gasteiger partial charge in [0.25, 0.3) is 5.91 Å². The van der Waals surface area contributed by atoms with Gasteiger partial charge in [-0.2, -0.15) is 0 Å². The number of carbonyl (C=O) groups is 2. The molecule has 0 spiro atoms. The van der Waals surface area contributed by atoms with Crippen LogP contribution in [0.5, 0.6) is 0 Å². The van der Waals surface area contributed by atoms with Crippen LogP contribution >= 0.6 is 11.8 Å². The molecule has 6 nitrogen and oxygen atoms in total. The number of amides is 1. The molecule has 1 aromatic rings. The number of hydrogen-bond donors (Lipinski definition) is 1. The first-order chi connectivity index (χ1) is 10.9. The van der Waals surface area contributed by atoms with Crippen LogP contribution in [-0.4, -0.2) is 40.2 Å². The predicted octanol–water partition coefficient (Wildman–Crippen LogP) is 1.96. The van der Waals surface area contributed by atoms with Gasteiger partial charge in [0.05, 0.1) is 0 Å². The molecule has 2 rings (SSSR count). The fourth-order valence-corrected chi connectivity index (χ4v) is 2.70. The summed E-state index contributed by atoms with van der Waals surface area (Å²) in [5, 5.41) is 3.56. The van der Waals surface area contributed by atoms with E-state index in [-0.39, 0.29) is 24.3 Å². The molecule has 1 aromatic heterocycles. The summed E-state index contributed by atoms with van der Waals surface area (Å²) in [6.07, 6.45) is 3.93. The van der Waals surface area contributed by atoms with E-state index < -0.39 is 6.10 Å². The lowest BCUT2D eigenvalue weighted by atomic mass is 10.1. The van der Waals surface area contributed by atoms with Gasteiger partial charge in [-0.25, -0.2) is 9.97 Å². The summed E-state index contributed by atoms with van der Waals surface area (Å²) < 4.78 is 5.19. The van der Waals surface area contributed by atoms with E-state index in [0.29, 0.717) is 6.42 Å². The topological polar surface area (TPSA) is 81.2 Å². The maximum atomic E-state index is 11.9. The minimum atomic E-state index is -0.750. The number of esters is 1. The quantitative estimate of drug-likeness (QED) is 0.465. The smallest absolute Gasteiger partial charge is 0.306 e. The molecule has 1 amide bonds. The number of ether oxygens (including phenoxy) is 1. The van der Waals surface area contributed by atoms with E-state index in [1.54, 1.807) is 6.92 Å². The van der Waals surface area contributed by atoms with Crippen LogP contribution in [0.2, 0.25) is 0 Å². The second kappa shape index (κ2) is 7.77. The van der Waals surface area contributed by atoms with E-state index in [2.05, 4.69) is 15.3 Å². The van der Waals surface area contributed by atoms with Crippen LogP contribution in [0, 0.1) is 13.8 Å². The molecule has 1 heterocycles. The number of carbonyl (C=O) groups excluding carboxylic acids is 2. The molecule has 1 fully saturated rings. The Hall–Kier alpha value is -1.63. The van der Waals surface area contributed by atoms with Gasteiger partial charge in [0.1, 0.15) is 0 Å². The van der Waals surface area contributed by atoms with Crippen molar-refractivity contribution in [2.45, 2.75) is 63.8 Å². The number of hydrogen-bond acceptors (Lipinski definition) is 6. The average Bonchev–Trinajstić information content (AvgIpc) is 3.29. The normalized spacial score (nSPS) is 15.1. The first-order valence-electron chi connectivity index (χ1n) is 7.78. The van der Waals surface area contributed by atoms with E-state index in [9.17, 15) is 9.59 Å². The van der Waals surface area contributed by atoms with Crippen molar-refractivity contribution in [3.8, 4) is 0 Å². The Morgan fingerprint density at radius 3 is 2.43 bits per heavy atom. The summed E-state index contributed by atoms with van der Waals surface area (Å²) in [5.41, 5.74) is 2.73. The van der Waals surface area contributed by atoms with Crippen molar-refractivity contribution in [1.82, 2.24) is 15.3 Å². The molecular formula is C16H23N3O3S. The number of rotatable bonds is 7. The zero-order valence-corrected chi connectivity index (χ0v) is 14.8. The molecule has 1 N–H and O–H groups in total. The molecule has 1 aliphatic carbocycles. The van der Waals surface area contributed by atoms with Crippen LogP contribution in [0.15, 0.2) is 5.16 Å². The first kappa shape index (κ1) is 17.7. The average molecular weight is 337 g/mol. The monoisotopic (exact) mass is 337 g/mol. The Balaban J connectivity index is 1.85. The minimum absolute atomic E-state index is 0.213. The van der Waals surface area contributed by atoms with E-state index in [0.717, 1.165) is 34.9 Å². The summed E-state index contributed by atoms with van der Waals surface area (Å²) in [6, 6.07) is 0.265. The van der Waals surface area contributed by atoms with Gasteiger partial charge < -0.3 is 10.1 Å². The van der Waals surface area contributed by atoms with E-state index in [1.807, 2.05) is 20.1 Å². The molecule has 0 bridgehead atoms. The van der Waals surface area contributed by atoms with Crippen LogP contribution in [-0.2, 0) is 20.7 Å². The highest BCUT2D eigenvalue weighted by molar-refractivity contribution is 7.98. The van der Waals surface area contributed by atoms with Crippen molar-refractivity contribution >= 4 is 23.6 Å². The van der Waals surface area contributed by atoms with Crippen molar-refractivity contribution < 1.29 is 14.3 Å². The van der Waals surface area contributed by atoms with Crippen molar-refractivity contribution in [2.24, 2.45) is 0 Å². The fraction of sp³-hybridized carbons (Fsp3) is 0.625. The van der Waals surface area contributed by atoms with E-state index in [1.165, 1.54) is 11.8 Å². The SMILES string of the molecule is CSc1nc(C)c(CCC(=O)O[C@@H](C)C(=O)NC2CC2)c(C)n1. The van der Waals surface area contributed by atoms with Gasteiger partial charge in [-0.3, -0.25) is 9.59 Å². The van der Waals surface area contributed by atoms with Crippen molar-refractivity contribution in [3.05, 3.63) is 17.0 Å². The van der Waals surface area contributed by atoms with Gasteiger partial charge in [0, 0.05) is 23.9 Å². The summed E-state index contributed by atoms with van der Waals surface area (Å²) in [7, 11) is 0. The third-order valence-electron chi connectivity index (χ3n) is 3.76. The lowest BCUT2D eigenvalue weighted by Crippen LogP contribution is -2.37. The second-order valence-corrected chi connectivity index (χ2v) is 6.55. The summed E-state index contributed by atoms with van der Waals surface area (Å²) in [6.45, 7) is 5.43. The van der Waals surface area contributed by atoms with Crippen molar-refractivity contribution in [2.75, 3.05) is 6.26 Å². The van der Waals surface area contributed by atoms with E-state index >= 15 is 0 Å². The second-order valence-electron chi connectivity index (χ2n) is 5.77. The molecule has 1 atom stereocenters. The highest BCUT2D eigenvalue weighted by atomic mass is 32.2. The molecule has 0 saturated heterocycles. The van der Waals surface area contributed by atoms with Crippen molar-refractivity contribution in [3.63, 3.8) is 0 Å².